The lowest BCUT2D eigenvalue weighted by molar-refractivity contribution is -0.153. The average Bonchev–Trinajstić information content (AvgIpc) is 3.36. The molecule has 4 aromatic rings. The number of carbonyl (C=O) groups is 1. The standard InChI is InChI=1S/C25H26FN3O3/c1-13(2)24-23(15-4-7-22(25(30)31)32-12-15)18-10-20-16(11-27-28-20)9-21(18)29(24)17-5-6-19(26)14(3)8-17/h5-6,8-11,13,15,22H,4,7,12H2,1-3H3,(H,27,28)(H,30,31)/t15-,22+/m1/s1. The molecule has 1 aliphatic heterocycles. The van der Waals surface area contributed by atoms with Crippen molar-refractivity contribution in [3.63, 3.8) is 0 Å². The summed E-state index contributed by atoms with van der Waals surface area (Å²) < 4.78 is 22.0. The first kappa shape index (κ1) is 20.7. The smallest absolute Gasteiger partial charge is 0.332 e. The number of halogens is 1. The molecule has 2 aromatic carbocycles. The molecule has 7 heteroatoms. The normalized spacial score (nSPS) is 19.3. The summed E-state index contributed by atoms with van der Waals surface area (Å²) in [6, 6.07) is 9.44. The number of ether oxygens (including phenoxy) is 1. The maximum absolute atomic E-state index is 14.1. The number of rotatable bonds is 4. The number of aryl methyl sites for hydroxylation is 1. The van der Waals surface area contributed by atoms with Crippen LogP contribution in [0.5, 0.6) is 0 Å². The highest BCUT2D eigenvalue weighted by Crippen LogP contribution is 2.43. The predicted octanol–water partition coefficient (Wildman–Crippen LogP) is 5.42. The lowest BCUT2D eigenvalue weighted by Crippen LogP contribution is -2.31. The molecule has 0 amide bonds. The van der Waals surface area contributed by atoms with Gasteiger partial charge in [-0.2, -0.15) is 5.10 Å². The molecular weight excluding hydrogens is 409 g/mol. The molecule has 1 aliphatic rings. The number of nitrogens with one attached hydrogen (secondary N) is 1. The number of carboxylic acids is 1. The van der Waals surface area contributed by atoms with Gasteiger partial charge >= 0.3 is 5.97 Å². The number of hydrogen-bond donors (Lipinski definition) is 2. The van der Waals surface area contributed by atoms with E-state index >= 15 is 0 Å². The van der Waals surface area contributed by atoms with Gasteiger partial charge in [-0.25, -0.2) is 9.18 Å². The van der Waals surface area contributed by atoms with Crippen LogP contribution in [0.4, 0.5) is 4.39 Å². The summed E-state index contributed by atoms with van der Waals surface area (Å²) in [5, 5.41) is 18.7. The van der Waals surface area contributed by atoms with Crippen molar-refractivity contribution in [3.8, 4) is 5.69 Å². The van der Waals surface area contributed by atoms with Crippen molar-refractivity contribution in [2.24, 2.45) is 0 Å². The van der Waals surface area contributed by atoms with Crippen LogP contribution in [-0.2, 0) is 9.53 Å². The second-order valence-electron chi connectivity index (χ2n) is 8.98. The van der Waals surface area contributed by atoms with Gasteiger partial charge in [-0.15, -0.1) is 0 Å². The van der Waals surface area contributed by atoms with Gasteiger partial charge in [-0.3, -0.25) is 5.10 Å². The van der Waals surface area contributed by atoms with Crippen molar-refractivity contribution in [3.05, 3.63) is 59.2 Å². The van der Waals surface area contributed by atoms with E-state index in [1.54, 1.807) is 13.1 Å². The molecule has 1 fully saturated rings. The quantitative estimate of drug-likeness (QED) is 0.448. The van der Waals surface area contributed by atoms with E-state index in [0.29, 0.717) is 18.6 Å². The van der Waals surface area contributed by atoms with E-state index in [4.69, 9.17) is 4.74 Å². The third-order valence-corrected chi connectivity index (χ3v) is 6.51. The zero-order valence-corrected chi connectivity index (χ0v) is 18.4. The lowest BCUT2D eigenvalue weighted by Gasteiger charge is -2.28. The molecule has 0 aliphatic carbocycles. The summed E-state index contributed by atoms with van der Waals surface area (Å²) in [5.74, 6) is -0.866. The number of aliphatic carboxylic acids is 1. The third kappa shape index (κ3) is 3.28. The van der Waals surface area contributed by atoms with Crippen molar-refractivity contribution >= 4 is 27.8 Å². The minimum absolute atomic E-state index is 0.0775. The first-order valence-electron chi connectivity index (χ1n) is 11.0. The summed E-state index contributed by atoms with van der Waals surface area (Å²) in [7, 11) is 0. The maximum Gasteiger partial charge on any atom is 0.332 e. The Morgan fingerprint density at radius 1 is 1.28 bits per heavy atom. The highest BCUT2D eigenvalue weighted by molar-refractivity contribution is 5.99. The van der Waals surface area contributed by atoms with Crippen LogP contribution < -0.4 is 0 Å². The summed E-state index contributed by atoms with van der Waals surface area (Å²) in [6.45, 7) is 6.44. The van der Waals surface area contributed by atoms with Crippen LogP contribution in [-0.4, -0.2) is 38.6 Å². The molecule has 0 bridgehead atoms. The van der Waals surface area contributed by atoms with Gasteiger partial charge < -0.3 is 14.4 Å². The molecule has 0 radical (unpaired) electrons. The summed E-state index contributed by atoms with van der Waals surface area (Å²) in [5.41, 5.74) is 5.80. The van der Waals surface area contributed by atoms with E-state index in [9.17, 15) is 14.3 Å². The van der Waals surface area contributed by atoms with Crippen LogP contribution in [0.25, 0.3) is 27.5 Å². The molecule has 0 unspecified atom stereocenters. The Bertz CT molecular complexity index is 1330. The van der Waals surface area contributed by atoms with Crippen molar-refractivity contribution in [2.45, 2.75) is 51.6 Å². The minimum Gasteiger partial charge on any atom is -0.479 e. The van der Waals surface area contributed by atoms with Crippen LogP contribution in [0.2, 0.25) is 0 Å². The van der Waals surface area contributed by atoms with E-state index in [-0.39, 0.29) is 17.7 Å². The van der Waals surface area contributed by atoms with Gasteiger partial charge in [0.15, 0.2) is 6.10 Å². The van der Waals surface area contributed by atoms with E-state index in [2.05, 4.69) is 40.7 Å². The number of hydrogen-bond acceptors (Lipinski definition) is 3. The van der Waals surface area contributed by atoms with Gasteiger partial charge in [0, 0.05) is 28.1 Å². The molecule has 0 saturated carbocycles. The summed E-state index contributed by atoms with van der Waals surface area (Å²) >= 11 is 0. The number of aromatic nitrogens is 3. The SMILES string of the molecule is Cc1cc(-n2c(C(C)C)c([C@@H]3CC[C@@H](C(=O)O)OC3)c3cc4[nH]ncc4cc32)ccc1F. The van der Waals surface area contributed by atoms with Crippen molar-refractivity contribution < 1.29 is 19.0 Å². The monoisotopic (exact) mass is 435 g/mol. The molecule has 6 nitrogen and oxygen atoms in total. The number of aromatic amines is 1. The van der Waals surface area contributed by atoms with Crippen LogP contribution in [0.1, 0.15) is 55.3 Å². The van der Waals surface area contributed by atoms with E-state index < -0.39 is 12.1 Å². The Kier molecular flexibility index (Phi) is 5.01. The fourth-order valence-electron chi connectivity index (χ4n) is 4.99. The second-order valence-corrected chi connectivity index (χ2v) is 8.98. The molecule has 2 aromatic heterocycles. The number of nitrogens with zero attached hydrogens (tertiary/aromatic N) is 2. The number of fused-ring (bicyclic) bond motifs is 2. The van der Waals surface area contributed by atoms with E-state index in [0.717, 1.165) is 39.6 Å². The van der Waals surface area contributed by atoms with Crippen LogP contribution in [0.15, 0.2) is 36.5 Å². The fourth-order valence-corrected chi connectivity index (χ4v) is 4.99. The first-order chi connectivity index (χ1) is 15.3. The molecule has 3 heterocycles. The largest absolute Gasteiger partial charge is 0.479 e. The fraction of sp³-hybridized carbons (Fsp3) is 0.360. The highest BCUT2D eigenvalue weighted by Gasteiger charge is 2.33. The lowest BCUT2D eigenvalue weighted by atomic mass is 9.87. The van der Waals surface area contributed by atoms with Crippen LogP contribution in [0.3, 0.4) is 0 Å². The Morgan fingerprint density at radius 2 is 2.09 bits per heavy atom. The number of benzene rings is 2. The molecular formula is C25H26FN3O3. The molecule has 5 rings (SSSR count). The molecule has 0 spiro atoms. The number of H-pyrrole nitrogens is 1. The molecule has 1 saturated heterocycles. The Balaban J connectivity index is 1.78. The molecule has 32 heavy (non-hydrogen) atoms. The zero-order valence-electron chi connectivity index (χ0n) is 18.4. The van der Waals surface area contributed by atoms with Crippen molar-refractivity contribution in [2.75, 3.05) is 6.61 Å². The summed E-state index contributed by atoms with van der Waals surface area (Å²) in [4.78, 5) is 11.4. The summed E-state index contributed by atoms with van der Waals surface area (Å²) in [6.07, 6.45) is 2.27. The van der Waals surface area contributed by atoms with Gasteiger partial charge in [-0.05, 0) is 67.1 Å². The Hall–Kier alpha value is -3.19. The average molecular weight is 435 g/mol. The Labute approximate surface area is 185 Å². The Morgan fingerprint density at radius 3 is 2.75 bits per heavy atom. The van der Waals surface area contributed by atoms with Gasteiger partial charge in [0.2, 0.25) is 0 Å². The molecule has 2 atom stereocenters. The molecule has 166 valence electrons. The minimum atomic E-state index is -0.907. The van der Waals surface area contributed by atoms with Gasteiger partial charge in [0.05, 0.1) is 23.8 Å². The topological polar surface area (TPSA) is 80.1 Å². The van der Waals surface area contributed by atoms with Crippen molar-refractivity contribution in [1.29, 1.82) is 0 Å². The van der Waals surface area contributed by atoms with Gasteiger partial charge in [0.1, 0.15) is 5.82 Å². The van der Waals surface area contributed by atoms with Gasteiger partial charge in [0.25, 0.3) is 0 Å². The van der Waals surface area contributed by atoms with E-state index in [1.165, 1.54) is 11.6 Å². The third-order valence-electron chi connectivity index (χ3n) is 6.51. The van der Waals surface area contributed by atoms with Crippen LogP contribution in [0, 0.1) is 12.7 Å². The highest BCUT2D eigenvalue weighted by atomic mass is 19.1. The number of carboxylic acid groups (broad SMARTS) is 1. The van der Waals surface area contributed by atoms with Crippen molar-refractivity contribution in [1.82, 2.24) is 14.8 Å². The second kappa shape index (κ2) is 7.74. The van der Waals surface area contributed by atoms with Crippen LogP contribution >= 0.6 is 0 Å². The first-order valence-corrected chi connectivity index (χ1v) is 11.0. The van der Waals surface area contributed by atoms with E-state index in [1.807, 2.05) is 12.1 Å². The molecule has 2 N–H and O–H groups in total. The maximum atomic E-state index is 14.1. The predicted molar refractivity (Wildman–Crippen MR) is 121 cm³/mol. The van der Waals surface area contributed by atoms with Gasteiger partial charge in [-0.1, -0.05) is 13.8 Å². The zero-order chi connectivity index (χ0) is 22.6.